The van der Waals surface area contributed by atoms with Crippen molar-refractivity contribution < 1.29 is 27.8 Å². The summed E-state index contributed by atoms with van der Waals surface area (Å²) >= 11 is 0. The Kier molecular flexibility index (Phi) is 7.83. The van der Waals surface area contributed by atoms with E-state index >= 15 is 0 Å². The number of hydrogen-bond donors (Lipinski definition) is 3. The average molecular weight is 561 g/mol. The predicted molar refractivity (Wildman–Crippen MR) is 148 cm³/mol. The van der Waals surface area contributed by atoms with Gasteiger partial charge in [-0.25, -0.2) is 18.4 Å². The van der Waals surface area contributed by atoms with Gasteiger partial charge in [0.15, 0.2) is 11.6 Å². The van der Waals surface area contributed by atoms with Gasteiger partial charge in [0, 0.05) is 38.4 Å². The number of aliphatic hydroxyl groups is 1. The topological polar surface area (TPSA) is 146 Å². The lowest BCUT2D eigenvalue weighted by atomic mass is 9.93. The molecule has 212 valence electrons. The molecule has 3 aliphatic rings. The molecule has 2 aliphatic heterocycles. The van der Waals surface area contributed by atoms with Gasteiger partial charge >= 0.3 is 0 Å². The molecular weight excluding hydrogens is 524 g/mol. The highest BCUT2D eigenvalue weighted by molar-refractivity contribution is 7.92. The first-order valence-corrected chi connectivity index (χ1v) is 15.0. The molecule has 0 radical (unpaired) electrons. The Morgan fingerprint density at radius 3 is 2.62 bits per heavy atom. The van der Waals surface area contributed by atoms with Gasteiger partial charge in [0.25, 0.3) is 5.91 Å². The number of nitrogens with zero attached hydrogens (tertiary/aromatic N) is 4. The van der Waals surface area contributed by atoms with E-state index in [0.29, 0.717) is 53.7 Å². The predicted octanol–water partition coefficient (Wildman–Crippen LogP) is 2.08. The van der Waals surface area contributed by atoms with E-state index in [2.05, 4.69) is 29.8 Å². The smallest absolute Gasteiger partial charge is 0.260 e. The fourth-order valence-corrected chi connectivity index (χ4v) is 6.02. The first kappa shape index (κ1) is 27.4. The second-order valence-corrected chi connectivity index (χ2v) is 12.4. The number of pyridine rings is 2. The molecule has 4 heterocycles. The number of aromatic nitrogens is 2. The molecule has 1 spiro atoms. The highest BCUT2D eigenvalue weighted by Gasteiger charge is 2.44. The Morgan fingerprint density at radius 1 is 1.18 bits per heavy atom. The number of aliphatic hydroxyl groups excluding tert-OH is 1. The van der Waals surface area contributed by atoms with Gasteiger partial charge in [0.1, 0.15) is 11.6 Å². The summed E-state index contributed by atoms with van der Waals surface area (Å²) in [6.45, 7) is 4.92. The van der Waals surface area contributed by atoms with Crippen LogP contribution < -0.4 is 24.6 Å². The quantitative estimate of drug-likeness (QED) is 0.417. The van der Waals surface area contributed by atoms with Gasteiger partial charge in [-0.05, 0) is 50.2 Å². The van der Waals surface area contributed by atoms with Crippen LogP contribution in [0.5, 0.6) is 5.75 Å². The SMILES string of the molecule is COc1ccc(NC(=O)c2cnc(NS(=O)(=O)CCO)cc2N2CCC3(CC2)CC3)nc1N1CCO[C@@H](C)C1. The van der Waals surface area contributed by atoms with E-state index in [0.717, 1.165) is 25.9 Å². The maximum atomic E-state index is 13.6. The highest BCUT2D eigenvalue weighted by Crippen LogP contribution is 2.54. The van der Waals surface area contributed by atoms with Gasteiger partial charge in [0.05, 0.1) is 43.4 Å². The second kappa shape index (κ2) is 11.1. The lowest BCUT2D eigenvalue weighted by molar-refractivity contribution is 0.0528. The van der Waals surface area contributed by atoms with Crippen molar-refractivity contribution in [1.29, 1.82) is 0 Å². The zero-order valence-corrected chi connectivity index (χ0v) is 23.2. The van der Waals surface area contributed by atoms with Crippen LogP contribution in [0, 0.1) is 5.41 Å². The standard InChI is InChI=1S/C26H36N6O6S/c1-18-17-32(11-13-38-18)24-21(37-2)3-4-22(28-24)29-25(34)19-16-27-23(30-39(35,36)14-12-33)15-20(19)31-9-7-26(5-6-26)8-10-31/h3-4,15-16,18,33H,5-14,17H2,1-2H3,(H,27,30)(H,28,29,34)/t18-/m0/s1. The summed E-state index contributed by atoms with van der Waals surface area (Å²) in [6.07, 6.45) is 5.97. The molecule has 1 amide bonds. The van der Waals surface area contributed by atoms with E-state index in [1.807, 2.05) is 6.92 Å². The second-order valence-electron chi connectivity index (χ2n) is 10.5. The number of ether oxygens (including phenoxy) is 2. The summed E-state index contributed by atoms with van der Waals surface area (Å²) in [7, 11) is -2.18. The molecule has 3 N–H and O–H groups in total. The van der Waals surface area contributed by atoms with E-state index < -0.39 is 28.3 Å². The summed E-state index contributed by atoms with van der Waals surface area (Å²) in [5.41, 5.74) is 1.36. The minimum atomic E-state index is -3.77. The fraction of sp³-hybridized carbons (Fsp3) is 0.577. The maximum Gasteiger partial charge on any atom is 0.260 e. The number of piperidine rings is 1. The molecule has 12 nitrogen and oxygen atoms in total. The van der Waals surface area contributed by atoms with Crippen LogP contribution in [-0.2, 0) is 14.8 Å². The Morgan fingerprint density at radius 2 is 1.95 bits per heavy atom. The Bertz CT molecular complexity index is 1310. The number of rotatable bonds is 9. The first-order valence-electron chi connectivity index (χ1n) is 13.3. The van der Waals surface area contributed by atoms with Crippen molar-refractivity contribution >= 4 is 39.1 Å². The highest BCUT2D eigenvalue weighted by atomic mass is 32.2. The number of anilines is 4. The van der Waals surface area contributed by atoms with E-state index in [1.165, 1.54) is 19.0 Å². The third-order valence-corrected chi connectivity index (χ3v) is 8.95. The minimum absolute atomic E-state index is 0.0461. The van der Waals surface area contributed by atoms with Crippen molar-refractivity contribution in [3.63, 3.8) is 0 Å². The summed E-state index contributed by atoms with van der Waals surface area (Å²) in [4.78, 5) is 26.6. The van der Waals surface area contributed by atoms with Crippen molar-refractivity contribution in [3.8, 4) is 5.75 Å². The van der Waals surface area contributed by atoms with Gasteiger partial charge in [-0.2, -0.15) is 0 Å². The molecule has 3 fully saturated rings. The number of nitrogens with one attached hydrogen (secondary N) is 2. The van der Waals surface area contributed by atoms with Gasteiger partial charge in [-0.1, -0.05) is 0 Å². The summed E-state index contributed by atoms with van der Waals surface area (Å²) < 4.78 is 38.1. The van der Waals surface area contributed by atoms with Gasteiger partial charge in [-0.3, -0.25) is 9.52 Å². The normalized spacial score (nSPS) is 20.5. The molecule has 0 bridgehead atoms. The number of hydrogen-bond acceptors (Lipinski definition) is 10. The van der Waals surface area contributed by atoms with Gasteiger partial charge < -0.3 is 29.7 Å². The third-order valence-electron chi connectivity index (χ3n) is 7.71. The molecular formula is C26H36N6O6S. The van der Waals surface area contributed by atoms with Gasteiger partial charge in [0.2, 0.25) is 10.0 Å². The number of amides is 1. The van der Waals surface area contributed by atoms with Crippen LogP contribution in [0.4, 0.5) is 23.1 Å². The largest absolute Gasteiger partial charge is 0.493 e. The molecule has 2 saturated heterocycles. The van der Waals surface area contributed by atoms with Crippen molar-refractivity contribution in [3.05, 3.63) is 30.0 Å². The van der Waals surface area contributed by atoms with Crippen LogP contribution >= 0.6 is 0 Å². The zero-order chi connectivity index (χ0) is 27.6. The molecule has 1 atom stereocenters. The van der Waals surface area contributed by atoms with E-state index in [-0.39, 0.29) is 11.9 Å². The zero-order valence-electron chi connectivity index (χ0n) is 22.4. The number of morpholine rings is 1. The van der Waals surface area contributed by atoms with E-state index in [1.54, 1.807) is 25.3 Å². The number of carbonyl (C=O) groups is 1. The van der Waals surface area contributed by atoms with E-state index in [4.69, 9.17) is 14.6 Å². The average Bonchev–Trinajstić information content (AvgIpc) is 3.67. The number of sulfonamides is 1. The molecule has 0 unspecified atom stereocenters. The lowest BCUT2D eigenvalue weighted by Gasteiger charge is -2.35. The van der Waals surface area contributed by atoms with Crippen LogP contribution in [-0.4, -0.2) is 87.8 Å². The molecule has 1 saturated carbocycles. The molecule has 13 heteroatoms. The van der Waals surface area contributed by atoms with Crippen molar-refractivity contribution in [2.75, 3.05) is 72.1 Å². The number of methoxy groups -OCH3 is 1. The van der Waals surface area contributed by atoms with Gasteiger partial charge in [-0.15, -0.1) is 0 Å². The fourth-order valence-electron chi connectivity index (χ4n) is 5.25. The number of carbonyl (C=O) groups excluding carboxylic acids is 1. The van der Waals surface area contributed by atoms with E-state index in [9.17, 15) is 13.2 Å². The summed E-state index contributed by atoms with van der Waals surface area (Å²) in [6, 6.07) is 5.05. The molecule has 0 aromatic carbocycles. The van der Waals surface area contributed by atoms with Crippen LogP contribution in [0.2, 0.25) is 0 Å². The third kappa shape index (κ3) is 6.36. The molecule has 39 heavy (non-hydrogen) atoms. The summed E-state index contributed by atoms with van der Waals surface area (Å²) in [5.74, 6) is 0.867. The van der Waals surface area contributed by atoms with Crippen LogP contribution in [0.1, 0.15) is 43.0 Å². The first-order chi connectivity index (χ1) is 18.7. The van der Waals surface area contributed by atoms with Crippen molar-refractivity contribution in [2.45, 2.75) is 38.7 Å². The van der Waals surface area contributed by atoms with Crippen molar-refractivity contribution in [1.82, 2.24) is 9.97 Å². The monoisotopic (exact) mass is 560 g/mol. The Balaban J connectivity index is 1.41. The van der Waals surface area contributed by atoms with Crippen LogP contribution in [0.25, 0.3) is 0 Å². The maximum absolute atomic E-state index is 13.6. The molecule has 1 aliphatic carbocycles. The Hall–Kier alpha value is -3.16. The Labute approximate surface area is 228 Å². The van der Waals surface area contributed by atoms with Crippen LogP contribution in [0.3, 0.4) is 0 Å². The van der Waals surface area contributed by atoms with Crippen LogP contribution in [0.15, 0.2) is 24.4 Å². The molecule has 2 aromatic rings. The minimum Gasteiger partial charge on any atom is -0.493 e. The summed E-state index contributed by atoms with van der Waals surface area (Å²) in [5, 5.41) is 12.0. The lowest BCUT2D eigenvalue weighted by Crippen LogP contribution is -2.41. The molecule has 5 rings (SSSR count). The molecule has 2 aromatic heterocycles. The van der Waals surface area contributed by atoms with Crippen molar-refractivity contribution in [2.24, 2.45) is 5.41 Å².